The maximum atomic E-state index is 12.6. The lowest BCUT2D eigenvalue weighted by Crippen LogP contribution is -2.64. The van der Waals surface area contributed by atoms with E-state index in [1.165, 1.54) is 6.42 Å². The van der Waals surface area contributed by atoms with E-state index < -0.39 is 11.9 Å². The van der Waals surface area contributed by atoms with Crippen LogP contribution >= 0.6 is 11.3 Å². The summed E-state index contributed by atoms with van der Waals surface area (Å²) in [4.78, 5) is 32.7. The lowest BCUT2D eigenvalue weighted by molar-refractivity contribution is -0.247. The molecule has 9 rings (SSSR count). The van der Waals surface area contributed by atoms with E-state index in [4.69, 9.17) is 14.9 Å². The van der Waals surface area contributed by atoms with Crippen molar-refractivity contribution in [3.8, 4) is 11.1 Å². The number of nitrogens with zero attached hydrogens (tertiary/aromatic N) is 6. The van der Waals surface area contributed by atoms with Crippen molar-refractivity contribution in [2.45, 2.75) is 91.3 Å². The number of hydrogen-bond acceptors (Lipinski definition) is 12. The topological polar surface area (TPSA) is 189 Å². The molecule has 1 aromatic carbocycles. The van der Waals surface area contributed by atoms with Crippen molar-refractivity contribution < 1.29 is 24.5 Å². The van der Waals surface area contributed by atoms with Crippen LogP contribution in [0.5, 0.6) is 0 Å². The number of pyridine rings is 1. The van der Waals surface area contributed by atoms with Crippen LogP contribution in [0.25, 0.3) is 21.3 Å². The van der Waals surface area contributed by atoms with Crippen LogP contribution in [-0.2, 0) is 22.6 Å². The molecule has 0 radical (unpaired) electrons. The van der Waals surface area contributed by atoms with Gasteiger partial charge in [-0.15, -0.1) is 5.10 Å². The third kappa shape index (κ3) is 7.71. The Hall–Kier alpha value is -4.99. The third-order valence-electron chi connectivity index (χ3n) is 11.8. The van der Waals surface area contributed by atoms with Gasteiger partial charge >= 0.3 is 11.9 Å². The molecule has 5 N–H and O–H groups in total. The molecule has 4 heterocycles. The summed E-state index contributed by atoms with van der Waals surface area (Å²) in [5, 5.41) is 43.4. The molecule has 15 heteroatoms. The number of fused-ring (bicyclic) bond motifs is 1. The number of rotatable bonds is 16. The van der Waals surface area contributed by atoms with E-state index in [-0.39, 0.29) is 34.0 Å². The fraction of sp³-hybridized carbons (Fsp3) is 0.488. The highest BCUT2D eigenvalue weighted by atomic mass is 32.1. The van der Waals surface area contributed by atoms with E-state index in [9.17, 15) is 14.7 Å². The summed E-state index contributed by atoms with van der Waals surface area (Å²) in [6.45, 7) is 11.4. The summed E-state index contributed by atoms with van der Waals surface area (Å²) in [5.41, 5.74) is 4.74. The van der Waals surface area contributed by atoms with Crippen molar-refractivity contribution in [3.05, 3.63) is 71.3 Å². The molecule has 0 amide bonds. The van der Waals surface area contributed by atoms with Crippen LogP contribution in [0.1, 0.15) is 86.2 Å². The van der Waals surface area contributed by atoms with E-state index in [0.29, 0.717) is 49.1 Å². The Morgan fingerprint density at radius 3 is 2.45 bits per heavy atom. The van der Waals surface area contributed by atoms with Crippen LogP contribution < -0.4 is 16.0 Å². The highest BCUT2D eigenvalue weighted by Crippen LogP contribution is 2.72. The summed E-state index contributed by atoms with van der Waals surface area (Å²) in [5.74, 6) is -0.878. The molecule has 4 aliphatic carbocycles. The number of benzene rings is 1. The molecule has 0 saturated heterocycles. The number of aromatic nitrogens is 6. The number of nitrogens with one attached hydrogen (secondary N) is 3. The molecule has 4 fully saturated rings. The zero-order valence-electron chi connectivity index (χ0n) is 32.3. The summed E-state index contributed by atoms with van der Waals surface area (Å²) >= 11 is 1.55. The second-order valence-electron chi connectivity index (χ2n) is 17.1. The first-order chi connectivity index (χ1) is 26.7. The van der Waals surface area contributed by atoms with Gasteiger partial charge in [0.2, 0.25) is 0 Å². The molecule has 294 valence electrons. The van der Waals surface area contributed by atoms with E-state index in [1.807, 2.05) is 44.2 Å². The van der Waals surface area contributed by atoms with Crippen molar-refractivity contribution >= 4 is 50.3 Å². The average Bonchev–Trinajstić information content (AvgIpc) is 3.70. The maximum absolute atomic E-state index is 12.6. The van der Waals surface area contributed by atoms with E-state index in [2.05, 4.69) is 54.6 Å². The zero-order chi connectivity index (χ0) is 39.3. The van der Waals surface area contributed by atoms with Crippen molar-refractivity contribution in [2.24, 2.45) is 16.2 Å². The van der Waals surface area contributed by atoms with Crippen molar-refractivity contribution in [2.75, 3.05) is 30.3 Å². The first kappa shape index (κ1) is 37.9. The number of anilines is 3. The molecule has 2 unspecified atom stereocenters. The molecule has 56 heavy (non-hydrogen) atoms. The van der Waals surface area contributed by atoms with Gasteiger partial charge in [-0.2, -0.15) is 10.2 Å². The van der Waals surface area contributed by atoms with Gasteiger partial charge in [0.25, 0.3) is 0 Å². The first-order valence-electron chi connectivity index (χ1n) is 19.3. The number of aromatic carboxylic acids is 1. The van der Waals surface area contributed by atoms with Crippen LogP contribution in [0, 0.1) is 30.1 Å². The predicted molar refractivity (Wildman–Crippen MR) is 214 cm³/mol. The lowest BCUT2D eigenvalue weighted by Gasteiger charge is -2.69. The van der Waals surface area contributed by atoms with Crippen LogP contribution in [0.4, 0.5) is 16.8 Å². The Balaban J connectivity index is 0.949. The fourth-order valence-corrected chi connectivity index (χ4v) is 11.8. The summed E-state index contributed by atoms with van der Waals surface area (Å²) < 4.78 is 9.91. The summed E-state index contributed by atoms with van der Waals surface area (Å²) in [7, 11) is 0. The zero-order valence-corrected chi connectivity index (χ0v) is 33.1. The van der Waals surface area contributed by atoms with Gasteiger partial charge in [-0.25, -0.2) is 14.8 Å². The third-order valence-corrected chi connectivity index (χ3v) is 12.8. The molecular weight excluding hydrogens is 731 g/mol. The van der Waals surface area contributed by atoms with Gasteiger partial charge in [0, 0.05) is 36.5 Å². The first-order valence-corrected chi connectivity index (χ1v) is 20.1. The quantitative estimate of drug-likeness (QED) is 0.0632. The molecular formula is C41H49N9O5S. The Morgan fingerprint density at radius 2 is 1.71 bits per heavy atom. The minimum atomic E-state index is -1.12. The molecule has 0 spiro atoms. The number of aliphatic carboxylic acids is 1. The highest BCUT2D eigenvalue weighted by molar-refractivity contribution is 7.22. The molecule has 4 bridgehead atoms. The molecule has 0 aliphatic heterocycles. The van der Waals surface area contributed by atoms with E-state index in [0.717, 1.165) is 70.8 Å². The van der Waals surface area contributed by atoms with E-state index in [1.54, 1.807) is 29.7 Å². The Bertz CT molecular complexity index is 2250. The van der Waals surface area contributed by atoms with Crippen LogP contribution in [-0.4, -0.2) is 77.4 Å². The Kier molecular flexibility index (Phi) is 9.82. The minimum Gasteiger partial charge on any atom is -0.481 e. The van der Waals surface area contributed by atoms with Crippen LogP contribution in [0.15, 0.2) is 48.7 Å². The molecule has 2 atom stereocenters. The number of para-hydroxylation sites is 1. The molecule has 14 nitrogen and oxygen atoms in total. The SMILES string of the molecule is Cc1cc(CNc2ccc(-c3cnn(CC45CC6(C)CC(C)(C4)CC(OCCNCCC(=O)O)(C6)C5)c3C)c(C(=O)O)n2)nnc1Nc1nc2ccccc2s1. The van der Waals surface area contributed by atoms with Crippen LogP contribution in [0.3, 0.4) is 0 Å². The fourth-order valence-electron chi connectivity index (χ4n) is 10.9. The van der Waals surface area contributed by atoms with Crippen molar-refractivity contribution in [1.82, 2.24) is 35.3 Å². The maximum Gasteiger partial charge on any atom is 0.355 e. The monoisotopic (exact) mass is 779 g/mol. The number of hydrogen-bond donors (Lipinski definition) is 5. The molecule has 4 saturated carbocycles. The largest absolute Gasteiger partial charge is 0.481 e. The van der Waals surface area contributed by atoms with Gasteiger partial charge < -0.3 is 30.9 Å². The van der Waals surface area contributed by atoms with Gasteiger partial charge in [0.05, 0.1) is 47.3 Å². The standard InChI is InChI=1S/C41H49N9O5S/c1-25-15-27(48-49-35(25)47-37-45-30-7-5-6-8-31(30)56-37)16-43-32-10-9-28(34(46-32)36(53)54)29-17-44-50(26(29)2)24-40-19-38(3)18-39(4,20-40)22-41(21-38,23-40)55-14-13-42-12-11-33(51)52/h5-10,15,17,42H,11-14,16,18-24H2,1-4H3,(H,43,46)(H,51,52)(H,53,54)(H,45,47,49). The number of thiazole rings is 1. The number of ether oxygens (including phenoxy) is 1. The predicted octanol–water partition coefficient (Wildman–Crippen LogP) is 7.22. The highest BCUT2D eigenvalue weighted by Gasteiger charge is 2.66. The minimum absolute atomic E-state index is 0.00427. The lowest BCUT2D eigenvalue weighted by atomic mass is 9.39. The summed E-state index contributed by atoms with van der Waals surface area (Å²) in [6, 6.07) is 13.5. The normalized spacial score (nSPS) is 25.1. The van der Waals surface area contributed by atoms with Crippen molar-refractivity contribution in [3.63, 3.8) is 0 Å². The number of carbonyl (C=O) groups is 2. The second-order valence-corrected chi connectivity index (χ2v) is 18.2. The van der Waals surface area contributed by atoms with E-state index >= 15 is 0 Å². The molecule has 4 aliphatic rings. The van der Waals surface area contributed by atoms with Crippen LogP contribution in [0.2, 0.25) is 0 Å². The average molecular weight is 780 g/mol. The van der Waals surface area contributed by atoms with Crippen molar-refractivity contribution in [1.29, 1.82) is 0 Å². The number of carboxylic acids is 2. The second kappa shape index (κ2) is 14.5. The number of aryl methyl sites for hydroxylation is 1. The molecule has 4 aromatic heterocycles. The Labute approximate surface area is 329 Å². The van der Waals surface area contributed by atoms with Gasteiger partial charge in [0.15, 0.2) is 16.6 Å². The van der Waals surface area contributed by atoms with Gasteiger partial charge in [0.1, 0.15) is 5.82 Å². The number of carboxylic acid groups (broad SMARTS) is 2. The molecule has 5 aromatic rings. The Morgan fingerprint density at radius 1 is 0.929 bits per heavy atom. The van der Waals surface area contributed by atoms with Gasteiger partial charge in [-0.3, -0.25) is 9.48 Å². The van der Waals surface area contributed by atoms with Gasteiger partial charge in [-0.05, 0) is 105 Å². The summed E-state index contributed by atoms with van der Waals surface area (Å²) in [6.07, 6.45) is 8.25. The van der Waals surface area contributed by atoms with Gasteiger partial charge in [-0.1, -0.05) is 37.3 Å². The smallest absolute Gasteiger partial charge is 0.355 e.